The van der Waals surface area contributed by atoms with Crippen molar-refractivity contribution in [2.75, 3.05) is 26.7 Å². The lowest BCUT2D eigenvalue weighted by molar-refractivity contribution is 0.124. The third kappa shape index (κ3) is 4.87. The van der Waals surface area contributed by atoms with Crippen molar-refractivity contribution in [3.63, 3.8) is 0 Å². The predicted octanol–water partition coefficient (Wildman–Crippen LogP) is 2.25. The van der Waals surface area contributed by atoms with Crippen LogP contribution in [0.5, 0.6) is 0 Å². The Morgan fingerprint density at radius 2 is 1.89 bits per heavy atom. The van der Waals surface area contributed by atoms with Crippen molar-refractivity contribution in [3.8, 4) is 0 Å². The van der Waals surface area contributed by atoms with E-state index in [2.05, 4.69) is 38.0 Å². The number of aliphatic hydroxyl groups is 1. The number of likely N-dealkylation sites (N-methyl/N-ethyl adjacent to an activating group) is 1. The molecule has 0 amide bonds. The zero-order valence-electron chi connectivity index (χ0n) is 12.7. The van der Waals surface area contributed by atoms with Crippen molar-refractivity contribution in [1.29, 1.82) is 0 Å². The highest BCUT2D eigenvalue weighted by molar-refractivity contribution is 4.84. The second-order valence-electron chi connectivity index (χ2n) is 6.39. The molecule has 1 aliphatic carbocycles. The summed E-state index contributed by atoms with van der Waals surface area (Å²) in [4.78, 5) is 2.50. The fourth-order valence-electron chi connectivity index (χ4n) is 2.94. The van der Waals surface area contributed by atoms with Gasteiger partial charge in [0.25, 0.3) is 0 Å². The van der Waals surface area contributed by atoms with Gasteiger partial charge in [0.15, 0.2) is 0 Å². The second-order valence-corrected chi connectivity index (χ2v) is 6.39. The van der Waals surface area contributed by atoms with Crippen LogP contribution >= 0.6 is 0 Å². The smallest absolute Gasteiger partial charge is 0.0611 e. The van der Waals surface area contributed by atoms with Crippen LogP contribution in [0.15, 0.2) is 0 Å². The summed E-state index contributed by atoms with van der Waals surface area (Å²) in [6.45, 7) is 8.79. The number of hydrogen-bond acceptors (Lipinski definition) is 3. The normalized spacial score (nSPS) is 28.3. The minimum atomic E-state index is -0.120. The molecule has 1 fully saturated rings. The Bertz CT molecular complexity index is 227. The van der Waals surface area contributed by atoms with E-state index in [1.54, 1.807) is 0 Å². The van der Waals surface area contributed by atoms with E-state index < -0.39 is 0 Å². The summed E-state index contributed by atoms with van der Waals surface area (Å²) in [7, 11) is 2.24. The monoisotopic (exact) mass is 256 g/mol. The first-order chi connectivity index (χ1) is 8.50. The lowest BCUT2D eigenvalue weighted by Gasteiger charge is -2.36. The van der Waals surface area contributed by atoms with Crippen LogP contribution in [-0.2, 0) is 0 Å². The molecule has 2 N–H and O–H groups in total. The minimum Gasteiger partial charge on any atom is -0.394 e. The van der Waals surface area contributed by atoms with Crippen LogP contribution in [0.2, 0.25) is 0 Å². The van der Waals surface area contributed by atoms with E-state index in [-0.39, 0.29) is 12.1 Å². The Morgan fingerprint density at radius 1 is 1.28 bits per heavy atom. The summed E-state index contributed by atoms with van der Waals surface area (Å²) in [6.07, 6.45) is 6.45. The molecule has 0 aliphatic heterocycles. The third-order valence-corrected chi connectivity index (χ3v) is 4.58. The highest BCUT2D eigenvalue weighted by Gasteiger charge is 2.25. The number of nitrogens with zero attached hydrogens (tertiary/aromatic N) is 1. The van der Waals surface area contributed by atoms with Gasteiger partial charge in [-0.1, -0.05) is 13.8 Å². The average Bonchev–Trinajstić information content (AvgIpc) is 2.37. The molecule has 1 rings (SSSR count). The van der Waals surface area contributed by atoms with E-state index in [1.165, 1.54) is 25.7 Å². The zero-order chi connectivity index (χ0) is 13.6. The van der Waals surface area contributed by atoms with Crippen molar-refractivity contribution >= 4 is 0 Å². The van der Waals surface area contributed by atoms with Crippen LogP contribution < -0.4 is 5.32 Å². The maximum Gasteiger partial charge on any atom is 0.0611 e. The first kappa shape index (κ1) is 15.9. The van der Waals surface area contributed by atoms with Crippen LogP contribution in [-0.4, -0.2) is 48.3 Å². The van der Waals surface area contributed by atoms with Gasteiger partial charge in [-0.25, -0.2) is 0 Å². The molecule has 0 heterocycles. The van der Waals surface area contributed by atoms with Crippen molar-refractivity contribution in [2.45, 2.75) is 64.5 Å². The first-order valence-corrected chi connectivity index (χ1v) is 7.57. The van der Waals surface area contributed by atoms with Gasteiger partial charge in [-0.3, -0.25) is 0 Å². The first-order valence-electron chi connectivity index (χ1n) is 7.57. The van der Waals surface area contributed by atoms with E-state index in [1.807, 2.05) is 0 Å². The second kappa shape index (κ2) is 7.46. The molecular weight excluding hydrogens is 224 g/mol. The molecule has 1 unspecified atom stereocenters. The standard InChI is InChI=1S/C15H32N2O/c1-5-16-15(3,12-18)10-11-17(4)14-8-6-13(2)7-9-14/h13-14,16,18H,5-12H2,1-4H3. The number of aliphatic hydroxyl groups excluding tert-OH is 1. The topological polar surface area (TPSA) is 35.5 Å². The molecule has 0 aromatic carbocycles. The van der Waals surface area contributed by atoms with Gasteiger partial charge in [0.1, 0.15) is 0 Å². The van der Waals surface area contributed by atoms with Crippen LogP contribution in [0.3, 0.4) is 0 Å². The van der Waals surface area contributed by atoms with Crippen LogP contribution in [0.1, 0.15) is 52.9 Å². The fourth-order valence-corrected chi connectivity index (χ4v) is 2.94. The molecule has 0 bridgehead atoms. The van der Waals surface area contributed by atoms with Gasteiger partial charge in [-0.15, -0.1) is 0 Å². The Morgan fingerprint density at radius 3 is 2.39 bits per heavy atom. The van der Waals surface area contributed by atoms with E-state index in [4.69, 9.17) is 0 Å². The maximum atomic E-state index is 9.49. The van der Waals surface area contributed by atoms with Gasteiger partial charge in [0.05, 0.1) is 6.61 Å². The van der Waals surface area contributed by atoms with E-state index >= 15 is 0 Å². The van der Waals surface area contributed by atoms with E-state index in [0.29, 0.717) is 0 Å². The van der Waals surface area contributed by atoms with E-state index in [9.17, 15) is 5.11 Å². The molecule has 0 saturated heterocycles. The van der Waals surface area contributed by atoms with Gasteiger partial charge in [-0.05, 0) is 65.1 Å². The number of rotatable bonds is 7. The Balaban J connectivity index is 2.33. The minimum absolute atomic E-state index is 0.120. The van der Waals surface area contributed by atoms with Gasteiger partial charge in [0.2, 0.25) is 0 Å². The number of nitrogens with one attached hydrogen (secondary N) is 1. The molecule has 1 atom stereocenters. The molecule has 18 heavy (non-hydrogen) atoms. The fraction of sp³-hybridized carbons (Fsp3) is 1.00. The SMILES string of the molecule is CCNC(C)(CO)CCN(C)C1CCC(C)CC1. The molecule has 0 aromatic heterocycles. The summed E-state index contributed by atoms with van der Waals surface area (Å²) in [5, 5.41) is 12.9. The predicted molar refractivity (Wildman–Crippen MR) is 77.8 cm³/mol. The molecule has 3 heteroatoms. The van der Waals surface area contributed by atoms with Gasteiger partial charge in [0, 0.05) is 11.6 Å². The molecule has 3 nitrogen and oxygen atoms in total. The quantitative estimate of drug-likeness (QED) is 0.733. The van der Waals surface area contributed by atoms with Crippen molar-refractivity contribution in [3.05, 3.63) is 0 Å². The molecule has 0 radical (unpaired) electrons. The van der Waals surface area contributed by atoms with Crippen LogP contribution in [0, 0.1) is 5.92 Å². The highest BCUT2D eigenvalue weighted by atomic mass is 16.3. The maximum absolute atomic E-state index is 9.49. The molecule has 1 aliphatic rings. The van der Waals surface area contributed by atoms with E-state index in [0.717, 1.165) is 31.5 Å². The third-order valence-electron chi connectivity index (χ3n) is 4.58. The van der Waals surface area contributed by atoms with Crippen molar-refractivity contribution < 1.29 is 5.11 Å². The summed E-state index contributed by atoms with van der Waals surface area (Å²) in [6, 6.07) is 0.755. The lowest BCUT2D eigenvalue weighted by Crippen LogP contribution is -2.48. The van der Waals surface area contributed by atoms with Crippen molar-refractivity contribution in [1.82, 2.24) is 10.2 Å². The molecular formula is C15H32N2O. The Hall–Kier alpha value is -0.120. The van der Waals surface area contributed by atoms with Gasteiger partial charge >= 0.3 is 0 Å². The Labute approximate surface area is 113 Å². The largest absolute Gasteiger partial charge is 0.394 e. The van der Waals surface area contributed by atoms with Crippen LogP contribution in [0.25, 0.3) is 0 Å². The summed E-state index contributed by atoms with van der Waals surface area (Å²) < 4.78 is 0. The summed E-state index contributed by atoms with van der Waals surface area (Å²) in [5.74, 6) is 0.916. The van der Waals surface area contributed by atoms with Crippen molar-refractivity contribution in [2.24, 2.45) is 5.92 Å². The molecule has 0 spiro atoms. The highest BCUT2D eigenvalue weighted by Crippen LogP contribution is 2.26. The molecule has 108 valence electrons. The van der Waals surface area contributed by atoms with Gasteiger partial charge < -0.3 is 15.3 Å². The molecule has 0 aromatic rings. The number of hydrogen-bond donors (Lipinski definition) is 2. The zero-order valence-corrected chi connectivity index (χ0v) is 12.7. The lowest BCUT2D eigenvalue weighted by atomic mass is 9.86. The summed E-state index contributed by atoms with van der Waals surface area (Å²) >= 11 is 0. The average molecular weight is 256 g/mol. The van der Waals surface area contributed by atoms with Crippen LogP contribution in [0.4, 0.5) is 0 Å². The summed E-state index contributed by atoms with van der Waals surface area (Å²) in [5.41, 5.74) is -0.120. The Kier molecular flexibility index (Phi) is 6.61. The van der Waals surface area contributed by atoms with Gasteiger partial charge in [-0.2, -0.15) is 0 Å². The molecule has 1 saturated carbocycles.